The van der Waals surface area contributed by atoms with Crippen LogP contribution in [0, 0.1) is 6.92 Å². The molecule has 0 radical (unpaired) electrons. The summed E-state index contributed by atoms with van der Waals surface area (Å²) in [5, 5.41) is 9.12. The van der Waals surface area contributed by atoms with Crippen LogP contribution in [0.4, 0.5) is 0 Å². The summed E-state index contributed by atoms with van der Waals surface area (Å²) in [6.45, 7) is 2.35. The first-order valence-corrected chi connectivity index (χ1v) is 7.05. The first-order chi connectivity index (χ1) is 10.2. The monoisotopic (exact) mass is 298 g/mol. The second kappa shape index (κ2) is 5.68. The van der Waals surface area contributed by atoms with Crippen molar-refractivity contribution in [2.75, 3.05) is 0 Å². The standard InChI is InChI=1S/C16H15ClN4/c1-11-6-2-5-9-15(11)21-16(14(10-18)19-20-21)12-7-3-4-8-13(12)17/h2-9H,10,18H2,1H3. The van der Waals surface area contributed by atoms with Gasteiger partial charge >= 0.3 is 0 Å². The third-order valence-electron chi connectivity index (χ3n) is 3.41. The highest BCUT2D eigenvalue weighted by Gasteiger charge is 2.18. The molecule has 0 fully saturated rings. The summed E-state index contributed by atoms with van der Waals surface area (Å²) >= 11 is 6.33. The molecule has 4 nitrogen and oxygen atoms in total. The Labute approximate surface area is 128 Å². The lowest BCUT2D eigenvalue weighted by Crippen LogP contribution is -2.04. The Balaban J connectivity index is 2.28. The minimum absolute atomic E-state index is 0.312. The maximum atomic E-state index is 6.33. The Hall–Kier alpha value is -2.17. The molecule has 0 aliphatic rings. The Morgan fingerprint density at radius 3 is 2.52 bits per heavy atom. The van der Waals surface area contributed by atoms with E-state index in [9.17, 15) is 0 Å². The number of hydrogen-bond acceptors (Lipinski definition) is 3. The number of halogens is 1. The van der Waals surface area contributed by atoms with E-state index >= 15 is 0 Å². The van der Waals surface area contributed by atoms with Gasteiger partial charge < -0.3 is 5.73 Å². The highest BCUT2D eigenvalue weighted by molar-refractivity contribution is 6.33. The van der Waals surface area contributed by atoms with Gasteiger partial charge in [-0.05, 0) is 24.6 Å². The molecular formula is C16H15ClN4. The molecule has 5 heteroatoms. The first kappa shape index (κ1) is 13.8. The molecule has 21 heavy (non-hydrogen) atoms. The average molecular weight is 299 g/mol. The molecule has 1 heterocycles. The van der Waals surface area contributed by atoms with E-state index in [0.29, 0.717) is 11.6 Å². The number of nitrogens with two attached hydrogens (primary N) is 1. The lowest BCUT2D eigenvalue weighted by atomic mass is 10.1. The van der Waals surface area contributed by atoms with E-state index in [1.807, 2.05) is 55.5 Å². The summed E-state index contributed by atoms with van der Waals surface area (Å²) in [4.78, 5) is 0. The maximum Gasteiger partial charge on any atom is 0.105 e. The summed E-state index contributed by atoms with van der Waals surface area (Å²) in [6, 6.07) is 15.7. The highest BCUT2D eigenvalue weighted by Crippen LogP contribution is 2.31. The van der Waals surface area contributed by atoms with E-state index < -0.39 is 0 Å². The molecule has 0 unspecified atom stereocenters. The molecule has 0 atom stereocenters. The Morgan fingerprint density at radius 1 is 1.10 bits per heavy atom. The van der Waals surface area contributed by atoms with Crippen molar-refractivity contribution in [3.8, 4) is 16.9 Å². The average Bonchev–Trinajstić information content (AvgIpc) is 2.92. The Bertz CT molecular complexity index is 779. The topological polar surface area (TPSA) is 56.7 Å². The van der Waals surface area contributed by atoms with Crippen LogP contribution in [0.2, 0.25) is 5.02 Å². The zero-order valence-electron chi connectivity index (χ0n) is 11.6. The van der Waals surface area contributed by atoms with E-state index in [0.717, 1.165) is 28.2 Å². The van der Waals surface area contributed by atoms with Crippen molar-refractivity contribution in [2.45, 2.75) is 13.5 Å². The Kier molecular flexibility index (Phi) is 3.73. The van der Waals surface area contributed by atoms with Crippen molar-refractivity contribution >= 4 is 11.6 Å². The zero-order valence-corrected chi connectivity index (χ0v) is 12.4. The molecule has 1 aromatic heterocycles. The highest BCUT2D eigenvalue weighted by atomic mass is 35.5. The van der Waals surface area contributed by atoms with E-state index in [4.69, 9.17) is 17.3 Å². The fourth-order valence-corrected chi connectivity index (χ4v) is 2.57. The number of nitrogens with zero attached hydrogens (tertiary/aromatic N) is 3. The molecule has 2 aromatic carbocycles. The molecule has 0 spiro atoms. The van der Waals surface area contributed by atoms with Crippen molar-refractivity contribution in [2.24, 2.45) is 5.73 Å². The van der Waals surface area contributed by atoms with Gasteiger partial charge in [-0.3, -0.25) is 0 Å². The number of para-hydroxylation sites is 1. The van der Waals surface area contributed by atoms with Gasteiger partial charge in [-0.25, -0.2) is 4.68 Å². The predicted molar refractivity (Wildman–Crippen MR) is 84.4 cm³/mol. The Morgan fingerprint density at radius 2 is 1.81 bits per heavy atom. The van der Waals surface area contributed by atoms with Crippen molar-refractivity contribution in [3.63, 3.8) is 0 Å². The number of rotatable bonds is 3. The second-order valence-electron chi connectivity index (χ2n) is 4.77. The summed E-state index contributed by atoms with van der Waals surface area (Å²) in [5.74, 6) is 0. The molecule has 106 valence electrons. The smallest absolute Gasteiger partial charge is 0.105 e. The molecule has 3 rings (SSSR count). The van der Waals surface area contributed by atoms with Crippen molar-refractivity contribution < 1.29 is 0 Å². The minimum Gasteiger partial charge on any atom is -0.325 e. The van der Waals surface area contributed by atoms with Crippen molar-refractivity contribution in [1.29, 1.82) is 0 Å². The van der Waals surface area contributed by atoms with Crippen LogP contribution in [0.25, 0.3) is 16.9 Å². The summed E-state index contributed by atoms with van der Waals surface area (Å²) in [6.07, 6.45) is 0. The number of hydrogen-bond donors (Lipinski definition) is 1. The predicted octanol–water partition coefficient (Wildman–Crippen LogP) is 3.35. The van der Waals surface area contributed by atoms with Gasteiger partial charge in [-0.1, -0.05) is 53.2 Å². The van der Waals surface area contributed by atoms with Crippen LogP contribution in [-0.4, -0.2) is 15.0 Å². The van der Waals surface area contributed by atoms with Gasteiger partial charge in [0.2, 0.25) is 0 Å². The zero-order chi connectivity index (χ0) is 14.8. The van der Waals surface area contributed by atoms with E-state index in [-0.39, 0.29) is 0 Å². The van der Waals surface area contributed by atoms with Crippen LogP contribution in [0.15, 0.2) is 48.5 Å². The summed E-state index contributed by atoms with van der Waals surface area (Å²) in [7, 11) is 0. The number of aromatic nitrogens is 3. The summed E-state index contributed by atoms with van der Waals surface area (Å²) < 4.78 is 1.80. The third kappa shape index (κ3) is 2.44. The van der Waals surface area contributed by atoms with Crippen LogP contribution in [0.3, 0.4) is 0 Å². The SMILES string of the molecule is Cc1ccccc1-n1nnc(CN)c1-c1ccccc1Cl. The molecular weight excluding hydrogens is 284 g/mol. The third-order valence-corrected chi connectivity index (χ3v) is 3.74. The molecule has 0 bridgehead atoms. The maximum absolute atomic E-state index is 6.33. The van der Waals surface area contributed by atoms with Crippen molar-refractivity contribution in [3.05, 3.63) is 64.8 Å². The van der Waals surface area contributed by atoms with Crippen LogP contribution >= 0.6 is 11.6 Å². The van der Waals surface area contributed by atoms with E-state index in [2.05, 4.69) is 10.3 Å². The first-order valence-electron chi connectivity index (χ1n) is 6.68. The quantitative estimate of drug-likeness (QED) is 0.806. The van der Waals surface area contributed by atoms with Gasteiger partial charge in [0.1, 0.15) is 11.4 Å². The van der Waals surface area contributed by atoms with Gasteiger partial charge in [0, 0.05) is 12.1 Å². The van der Waals surface area contributed by atoms with Crippen LogP contribution in [0.5, 0.6) is 0 Å². The molecule has 0 saturated heterocycles. The van der Waals surface area contributed by atoms with Gasteiger partial charge in [-0.15, -0.1) is 5.10 Å². The van der Waals surface area contributed by atoms with E-state index in [1.54, 1.807) is 4.68 Å². The molecule has 0 aliphatic carbocycles. The minimum atomic E-state index is 0.312. The van der Waals surface area contributed by atoms with Crippen LogP contribution in [0.1, 0.15) is 11.3 Å². The van der Waals surface area contributed by atoms with Gasteiger partial charge in [0.15, 0.2) is 0 Å². The fraction of sp³-hybridized carbons (Fsp3) is 0.125. The van der Waals surface area contributed by atoms with Gasteiger partial charge in [0.05, 0.1) is 10.7 Å². The second-order valence-corrected chi connectivity index (χ2v) is 5.17. The van der Waals surface area contributed by atoms with Crippen molar-refractivity contribution in [1.82, 2.24) is 15.0 Å². The lowest BCUT2D eigenvalue weighted by molar-refractivity contribution is 0.796. The molecule has 3 aromatic rings. The van der Waals surface area contributed by atoms with Crippen LogP contribution < -0.4 is 5.73 Å². The number of benzene rings is 2. The van der Waals surface area contributed by atoms with Gasteiger partial charge in [-0.2, -0.15) is 0 Å². The molecule has 2 N–H and O–H groups in total. The fourth-order valence-electron chi connectivity index (χ4n) is 2.34. The normalized spacial score (nSPS) is 10.8. The largest absolute Gasteiger partial charge is 0.325 e. The molecule has 0 saturated carbocycles. The van der Waals surface area contributed by atoms with E-state index in [1.165, 1.54) is 0 Å². The van der Waals surface area contributed by atoms with Gasteiger partial charge in [0.25, 0.3) is 0 Å². The van der Waals surface area contributed by atoms with Crippen LogP contribution in [-0.2, 0) is 6.54 Å². The number of aryl methyl sites for hydroxylation is 1. The lowest BCUT2D eigenvalue weighted by Gasteiger charge is -2.11. The summed E-state index contributed by atoms with van der Waals surface area (Å²) in [5.41, 5.74) is 10.3. The molecule has 0 amide bonds. The molecule has 0 aliphatic heterocycles.